The molecule has 0 aliphatic carbocycles. The largest absolute Gasteiger partial charge is 0.398 e. The number of nitrogens with two attached hydrogens (primary N) is 3. The minimum absolute atomic E-state index is 0.169. The summed E-state index contributed by atoms with van der Waals surface area (Å²) >= 11 is 0. The number of anilines is 2. The normalized spacial score (nSPS) is 9.50. The molecule has 1 rings (SSSR count). The van der Waals surface area contributed by atoms with Crippen LogP contribution in [0.5, 0.6) is 0 Å². The minimum Gasteiger partial charge on any atom is -0.398 e. The van der Waals surface area contributed by atoms with Crippen molar-refractivity contribution in [3.63, 3.8) is 0 Å². The SMILES string of the molecule is N#Cc1cc(N(CC(N)=O)CC(N)=O)ccc1N. The number of carbonyl (C=O) groups excluding carboxylic acids is 2. The molecule has 0 spiro atoms. The Morgan fingerprint density at radius 2 is 1.78 bits per heavy atom. The molecule has 1 aromatic carbocycles. The molecule has 0 radical (unpaired) electrons. The number of hydrogen-bond donors (Lipinski definition) is 3. The summed E-state index contributed by atoms with van der Waals surface area (Å²) in [6.45, 7) is -0.338. The van der Waals surface area contributed by atoms with Crippen molar-refractivity contribution in [1.29, 1.82) is 5.26 Å². The van der Waals surface area contributed by atoms with Crippen LogP contribution in [0.2, 0.25) is 0 Å². The van der Waals surface area contributed by atoms with E-state index >= 15 is 0 Å². The summed E-state index contributed by atoms with van der Waals surface area (Å²) in [5, 5.41) is 8.86. The van der Waals surface area contributed by atoms with Gasteiger partial charge in [-0.2, -0.15) is 5.26 Å². The van der Waals surface area contributed by atoms with Gasteiger partial charge >= 0.3 is 0 Å². The summed E-state index contributed by atoms with van der Waals surface area (Å²) in [4.78, 5) is 23.2. The predicted molar refractivity (Wildman–Crippen MR) is 66.2 cm³/mol. The van der Waals surface area contributed by atoms with Crippen LogP contribution in [-0.4, -0.2) is 24.9 Å². The van der Waals surface area contributed by atoms with E-state index in [4.69, 9.17) is 22.5 Å². The average Bonchev–Trinajstić information content (AvgIpc) is 2.27. The number of nitrogens with zero attached hydrogens (tertiary/aromatic N) is 2. The van der Waals surface area contributed by atoms with Crippen LogP contribution in [0.1, 0.15) is 5.56 Å². The fourth-order valence-corrected chi connectivity index (χ4v) is 1.45. The average molecular weight is 247 g/mol. The van der Waals surface area contributed by atoms with Gasteiger partial charge in [-0.3, -0.25) is 9.59 Å². The van der Waals surface area contributed by atoms with E-state index in [1.165, 1.54) is 17.0 Å². The molecule has 0 saturated heterocycles. The lowest BCUT2D eigenvalue weighted by Crippen LogP contribution is -2.39. The fourth-order valence-electron chi connectivity index (χ4n) is 1.45. The van der Waals surface area contributed by atoms with Gasteiger partial charge in [0, 0.05) is 11.4 Å². The van der Waals surface area contributed by atoms with E-state index < -0.39 is 11.8 Å². The fraction of sp³-hybridized carbons (Fsp3) is 0.182. The molecule has 2 amide bonds. The first kappa shape index (κ1) is 13.3. The molecular weight excluding hydrogens is 234 g/mol. The molecule has 0 aliphatic heterocycles. The molecule has 0 bridgehead atoms. The monoisotopic (exact) mass is 247 g/mol. The van der Waals surface area contributed by atoms with E-state index in [1.807, 2.05) is 6.07 Å². The number of benzene rings is 1. The van der Waals surface area contributed by atoms with Crippen LogP contribution in [0.25, 0.3) is 0 Å². The number of rotatable bonds is 5. The maximum Gasteiger partial charge on any atom is 0.236 e. The highest BCUT2D eigenvalue weighted by Crippen LogP contribution is 2.20. The van der Waals surface area contributed by atoms with Gasteiger partial charge in [-0.05, 0) is 18.2 Å². The zero-order valence-electron chi connectivity index (χ0n) is 9.59. The molecule has 7 nitrogen and oxygen atoms in total. The first-order chi connectivity index (χ1) is 8.43. The van der Waals surface area contributed by atoms with Gasteiger partial charge < -0.3 is 22.1 Å². The summed E-state index contributed by atoms with van der Waals surface area (Å²) in [7, 11) is 0. The van der Waals surface area contributed by atoms with Gasteiger partial charge in [0.2, 0.25) is 11.8 Å². The third kappa shape index (κ3) is 3.38. The first-order valence-corrected chi connectivity index (χ1v) is 5.05. The van der Waals surface area contributed by atoms with Crippen LogP contribution in [-0.2, 0) is 9.59 Å². The van der Waals surface area contributed by atoms with E-state index in [0.29, 0.717) is 11.4 Å². The Labute approximate surface area is 104 Å². The van der Waals surface area contributed by atoms with Crippen molar-refractivity contribution in [1.82, 2.24) is 0 Å². The number of primary amides is 2. The van der Waals surface area contributed by atoms with E-state index in [2.05, 4.69) is 0 Å². The van der Waals surface area contributed by atoms with Crippen molar-refractivity contribution < 1.29 is 9.59 Å². The quantitative estimate of drug-likeness (QED) is 0.567. The van der Waals surface area contributed by atoms with E-state index in [0.717, 1.165) is 0 Å². The minimum atomic E-state index is -0.605. The molecule has 0 saturated carbocycles. The maximum absolute atomic E-state index is 10.9. The molecule has 0 aromatic heterocycles. The smallest absolute Gasteiger partial charge is 0.236 e. The lowest BCUT2D eigenvalue weighted by molar-refractivity contribution is -0.117. The molecule has 0 atom stereocenters. The van der Waals surface area contributed by atoms with Gasteiger partial charge in [-0.25, -0.2) is 0 Å². The standard InChI is InChI=1S/C11H13N5O2/c12-4-7-3-8(1-2-9(7)13)16(5-10(14)17)6-11(15)18/h1-3H,5-6,13H2,(H2,14,17)(H2,15,18). The number of amides is 2. The number of nitrogen functional groups attached to an aromatic ring is 1. The van der Waals surface area contributed by atoms with E-state index in [1.54, 1.807) is 6.07 Å². The Morgan fingerprint density at radius 1 is 1.22 bits per heavy atom. The highest BCUT2D eigenvalue weighted by atomic mass is 16.2. The summed E-state index contributed by atoms with van der Waals surface area (Å²) < 4.78 is 0. The summed E-state index contributed by atoms with van der Waals surface area (Å²) in [6, 6.07) is 6.49. The van der Waals surface area contributed by atoms with Crippen LogP contribution in [0.15, 0.2) is 18.2 Å². The third-order valence-corrected chi connectivity index (χ3v) is 2.22. The molecule has 94 valence electrons. The topological polar surface area (TPSA) is 139 Å². The second-order valence-electron chi connectivity index (χ2n) is 3.67. The molecule has 7 heteroatoms. The number of carbonyl (C=O) groups is 2. The van der Waals surface area contributed by atoms with Crippen LogP contribution < -0.4 is 22.1 Å². The van der Waals surface area contributed by atoms with Crippen LogP contribution in [0, 0.1) is 11.3 Å². The lowest BCUT2D eigenvalue weighted by atomic mass is 10.1. The van der Waals surface area contributed by atoms with Gasteiger partial charge in [0.15, 0.2) is 0 Å². The third-order valence-electron chi connectivity index (χ3n) is 2.22. The maximum atomic E-state index is 10.9. The summed E-state index contributed by atoms with van der Waals surface area (Å²) in [5.74, 6) is -1.21. The van der Waals surface area contributed by atoms with Gasteiger partial charge in [-0.1, -0.05) is 0 Å². The molecule has 0 aliphatic rings. The summed E-state index contributed by atoms with van der Waals surface area (Å²) in [5.41, 5.74) is 16.8. The van der Waals surface area contributed by atoms with Gasteiger partial charge in [0.25, 0.3) is 0 Å². The second-order valence-corrected chi connectivity index (χ2v) is 3.67. The summed E-state index contributed by atoms with van der Waals surface area (Å²) in [6.07, 6.45) is 0. The highest BCUT2D eigenvalue weighted by Gasteiger charge is 2.13. The van der Waals surface area contributed by atoms with Crippen molar-refractivity contribution in [2.24, 2.45) is 11.5 Å². The molecule has 0 unspecified atom stereocenters. The van der Waals surface area contributed by atoms with Crippen molar-refractivity contribution in [2.75, 3.05) is 23.7 Å². The Kier molecular flexibility index (Phi) is 4.10. The molecule has 18 heavy (non-hydrogen) atoms. The zero-order valence-corrected chi connectivity index (χ0v) is 9.59. The van der Waals surface area contributed by atoms with Crippen molar-refractivity contribution in [2.45, 2.75) is 0 Å². The second kappa shape index (κ2) is 5.54. The van der Waals surface area contributed by atoms with Gasteiger partial charge in [0.05, 0.1) is 18.7 Å². The Hall–Kier alpha value is -2.75. The Balaban J connectivity index is 3.08. The number of hydrogen-bond acceptors (Lipinski definition) is 5. The molecular formula is C11H13N5O2. The number of nitriles is 1. The van der Waals surface area contributed by atoms with Crippen LogP contribution >= 0.6 is 0 Å². The van der Waals surface area contributed by atoms with E-state index in [-0.39, 0.29) is 18.7 Å². The predicted octanol–water partition coefficient (Wildman–Crippen LogP) is -1.08. The zero-order chi connectivity index (χ0) is 13.7. The molecule has 0 fully saturated rings. The molecule has 6 N–H and O–H groups in total. The Morgan fingerprint density at radius 3 is 2.22 bits per heavy atom. The van der Waals surface area contributed by atoms with E-state index in [9.17, 15) is 9.59 Å². The lowest BCUT2D eigenvalue weighted by Gasteiger charge is -2.22. The van der Waals surface area contributed by atoms with Crippen molar-refractivity contribution in [3.8, 4) is 6.07 Å². The molecule has 0 heterocycles. The highest BCUT2D eigenvalue weighted by molar-refractivity contribution is 5.85. The van der Waals surface area contributed by atoms with Crippen LogP contribution in [0.3, 0.4) is 0 Å². The van der Waals surface area contributed by atoms with Crippen molar-refractivity contribution >= 4 is 23.2 Å². The first-order valence-electron chi connectivity index (χ1n) is 5.05. The van der Waals surface area contributed by atoms with Crippen molar-refractivity contribution in [3.05, 3.63) is 23.8 Å². The van der Waals surface area contributed by atoms with Gasteiger partial charge in [-0.15, -0.1) is 0 Å². The van der Waals surface area contributed by atoms with Gasteiger partial charge in [0.1, 0.15) is 6.07 Å². The molecule has 1 aromatic rings. The van der Waals surface area contributed by atoms with Crippen LogP contribution in [0.4, 0.5) is 11.4 Å². The Bertz CT molecular complexity index is 505.